The van der Waals surface area contributed by atoms with Gasteiger partial charge in [0.25, 0.3) is 5.56 Å². The summed E-state index contributed by atoms with van der Waals surface area (Å²) < 4.78 is 50.5. The second kappa shape index (κ2) is 8.08. The number of fused-ring (bicyclic) bond motifs is 1. The molecule has 32 heavy (non-hydrogen) atoms. The average Bonchev–Trinajstić information content (AvgIpc) is 3.17. The highest BCUT2D eigenvalue weighted by Gasteiger charge is 2.35. The summed E-state index contributed by atoms with van der Waals surface area (Å²) in [5, 5.41) is 0.516. The molecule has 0 N–H and O–H groups in total. The number of carbonyl (C=O) groups is 1. The van der Waals surface area contributed by atoms with Crippen LogP contribution in [0.4, 0.5) is 13.2 Å². The first kappa shape index (κ1) is 21.5. The fraction of sp³-hybridized carbons (Fsp3) is 0.143. The Balaban J connectivity index is 1.71. The van der Waals surface area contributed by atoms with Crippen molar-refractivity contribution in [2.24, 2.45) is 7.05 Å². The number of ether oxygens (including phenoxy) is 1. The Kier molecular flexibility index (Phi) is 5.43. The number of hydrogen-bond donors (Lipinski definition) is 0. The summed E-state index contributed by atoms with van der Waals surface area (Å²) in [5.74, 6) is -0.546. The van der Waals surface area contributed by atoms with Gasteiger partial charge in [0, 0.05) is 18.5 Å². The minimum absolute atomic E-state index is 0.0765. The van der Waals surface area contributed by atoms with E-state index in [1.54, 1.807) is 36.4 Å². The van der Waals surface area contributed by atoms with Gasteiger partial charge in [0.1, 0.15) is 12.3 Å². The van der Waals surface area contributed by atoms with E-state index in [9.17, 15) is 27.6 Å². The molecule has 0 radical (unpaired) electrons. The zero-order chi connectivity index (χ0) is 23.0. The van der Waals surface area contributed by atoms with E-state index in [1.165, 1.54) is 12.1 Å². The molecule has 11 heteroatoms. The fourth-order valence-corrected chi connectivity index (χ4v) is 3.91. The summed E-state index contributed by atoms with van der Waals surface area (Å²) in [4.78, 5) is 37.1. The SMILES string of the molecule is Cn1c(C(F)(F)F)cc(=O)n(-c2ccc3snc(COC(=O)c4ccccc4)c3c2)c1=O. The normalized spacial score (nSPS) is 11.6. The van der Waals surface area contributed by atoms with E-state index in [1.807, 2.05) is 0 Å². The van der Waals surface area contributed by atoms with Crippen molar-refractivity contribution in [1.29, 1.82) is 0 Å². The largest absolute Gasteiger partial charge is 0.456 e. The maximum absolute atomic E-state index is 13.1. The fourth-order valence-electron chi connectivity index (χ4n) is 3.15. The molecule has 0 unspecified atom stereocenters. The first-order valence-corrected chi connectivity index (χ1v) is 9.95. The van der Waals surface area contributed by atoms with E-state index in [4.69, 9.17) is 4.74 Å². The predicted octanol–water partition coefficient (Wildman–Crippen LogP) is 3.52. The van der Waals surface area contributed by atoms with Crippen LogP contribution in [0.25, 0.3) is 15.8 Å². The lowest BCUT2D eigenvalue weighted by atomic mass is 10.2. The van der Waals surface area contributed by atoms with Crippen molar-refractivity contribution in [3.8, 4) is 5.69 Å². The van der Waals surface area contributed by atoms with Crippen molar-refractivity contribution in [2.75, 3.05) is 0 Å². The second-order valence-corrected chi connectivity index (χ2v) is 7.60. The monoisotopic (exact) mass is 461 g/mol. The maximum atomic E-state index is 13.1. The van der Waals surface area contributed by atoms with Crippen molar-refractivity contribution >= 4 is 27.6 Å². The van der Waals surface area contributed by atoms with Crippen LogP contribution in [0.3, 0.4) is 0 Å². The van der Waals surface area contributed by atoms with Crippen molar-refractivity contribution < 1.29 is 22.7 Å². The Labute approximate surface area is 182 Å². The van der Waals surface area contributed by atoms with Crippen molar-refractivity contribution in [3.63, 3.8) is 0 Å². The third kappa shape index (κ3) is 3.94. The lowest BCUT2D eigenvalue weighted by Crippen LogP contribution is -2.40. The molecule has 0 saturated carbocycles. The van der Waals surface area contributed by atoms with E-state index >= 15 is 0 Å². The van der Waals surface area contributed by atoms with Crippen LogP contribution in [0.5, 0.6) is 0 Å². The zero-order valence-corrected chi connectivity index (χ0v) is 17.2. The molecule has 4 aromatic rings. The Bertz CT molecular complexity index is 1440. The minimum atomic E-state index is -4.84. The number of esters is 1. The smallest absolute Gasteiger partial charge is 0.431 e. The number of halogens is 3. The van der Waals surface area contributed by atoms with Crippen molar-refractivity contribution in [1.82, 2.24) is 13.5 Å². The molecule has 0 bridgehead atoms. The molecule has 2 aromatic carbocycles. The summed E-state index contributed by atoms with van der Waals surface area (Å²) in [6, 6.07) is 13.2. The molecule has 7 nitrogen and oxygen atoms in total. The number of carbonyl (C=O) groups excluding carboxylic acids is 1. The van der Waals surface area contributed by atoms with Crippen molar-refractivity contribution in [2.45, 2.75) is 12.8 Å². The van der Waals surface area contributed by atoms with Crippen LogP contribution >= 0.6 is 11.5 Å². The summed E-state index contributed by atoms with van der Waals surface area (Å²) in [5.41, 5.74) is -2.74. The minimum Gasteiger partial charge on any atom is -0.456 e. The van der Waals surface area contributed by atoms with Gasteiger partial charge in [0.2, 0.25) is 0 Å². The highest BCUT2D eigenvalue weighted by Crippen LogP contribution is 2.28. The predicted molar refractivity (Wildman–Crippen MR) is 111 cm³/mol. The maximum Gasteiger partial charge on any atom is 0.431 e. The Morgan fingerprint density at radius 2 is 1.81 bits per heavy atom. The van der Waals surface area contributed by atoms with E-state index in [-0.39, 0.29) is 12.3 Å². The number of hydrogen-bond acceptors (Lipinski definition) is 6. The molecule has 0 amide bonds. The molecule has 0 aliphatic rings. The van der Waals surface area contributed by atoms with Crippen LogP contribution in [0.2, 0.25) is 0 Å². The lowest BCUT2D eigenvalue weighted by Gasteiger charge is -2.14. The van der Waals surface area contributed by atoms with E-state index in [0.717, 1.165) is 18.6 Å². The molecule has 0 aliphatic heterocycles. The standard InChI is InChI=1S/C21H14F3N3O4S/c1-26-17(21(22,23)24)10-18(28)27(20(26)30)13-7-8-16-14(9-13)15(25-32-16)11-31-19(29)12-5-3-2-4-6-12/h2-10H,11H2,1H3. The lowest BCUT2D eigenvalue weighted by molar-refractivity contribution is -0.144. The first-order valence-electron chi connectivity index (χ1n) is 9.18. The van der Waals surface area contributed by atoms with Crippen LogP contribution in [0.1, 0.15) is 21.7 Å². The van der Waals surface area contributed by atoms with Gasteiger partial charge < -0.3 is 4.74 Å². The van der Waals surface area contributed by atoms with Crippen LogP contribution < -0.4 is 11.2 Å². The molecule has 164 valence electrons. The zero-order valence-electron chi connectivity index (χ0n) is 16.4. The van der Waals surface area contributed by atoms with Crippen LogP contribution in [0, 0.1) is 0 Å². The topological polar surface area (TPSA) is 83.2 Å². The second-order valence-electron chi connectivity index (χ2n) is 6.79. The van der Waals surface area contributed by atoms with Gasteiger partial charge in [-0.25, -0.2) is 14.2 Å². The van der Waals surface area contributed by atoms with Crippen LogP contribution in [0.15, 0.2) is 64.2 Å². The highest BCUT2D eigenvalue weighted by molar-refractivity contribution is 7.13. The first-order chi connectivity index (χ1) is 15.2. The Hall–Kier alpha value is -3.73. The quantitative estimate of drug-likeness (QED) is 0.435. The van der Waals surface area contributed by atoms with E-state index < -0.39 is 29.1 Å². The molecule has 4 rings (SSSR count). The van der Waals surface area contributed by atoms with Crippen LogP contribution in [-0.4, -0.2) is 19.5 Å². The van der Waals surface area contributed by atoms with Gasteiger partial charge in [-0.2, -0.15) is 17.5 Å². The number of alkyl halides is 3. The van der Waals surface area contributed by atoms with Gasteiger partial charge in [-0.1, -0.05) is 18.2 Å². The molecule has 0 spiro atoms. The van der Waals surface area contributed by atoms with Crippen LogP contribution in [-0.2, 0) is 24.6 Å². The van der Waals surface area contributed by atoms with E-state index in [2.05, 4.69) is 4.37 Å². The molecule has 0 atom stereocenters. The molecular formula is C21H14F3N3O4S. The van der Waals surface area contributed by atoms with Gasteiger partial charge in [-0.15, -0.1) is 0 Å². The summed E-state index contributed by atoms with van der Waals surface area (Å²) in [7, 11) is 0.945. The van der Waals surface area contributed by atoms with Crippen molar-refractivity contribution in [3.05, 3.63) is 92.4 Å². The number of aromatic nitrogens is 3. The Morgan fingerprint density at radius 3 is 2.50 bits per heavy atom. The number of rotatable bonds is 4. The van der Waals surface area contributed by atoms with Gasteiger partial charge in [0.05, 0.1) is 21.6 Å². The molecule has 2 aromatic heterocycles. The summed E-state index contributed by atoms with van der Waals surface area (Å²) >= 11 is 1.12. The molecule has 2 heterocycles. The van der Waals surface area contributed by atoms with E-state index in [0.29, 0.717) is 36.5 Å². The third-order valence-corrected chi connectivity index (χ3v) is 5.61. The summed E-state index contributed by atoms with van der Waals surface area (Å²) in [6.07, 6.45) is -4.84. The van der Waals surface area contributed by atoms with Gasteiger partial charge in [-0.05, 0) is 41.9 Å². The van der Waals surface area contributed by atoms with Gasteiger partial charge in [0.15, 0.2) is 0 Å². The highest BCUT2D eigenvalue weighted by atomic mass is 32.1. The van der Waals surface area contributed by atoms with Gasteiger partial charge in [-0.3, -0.25) is 9.36 Å². The molecule has 0 aliphatic carbocycles. The van der Waals surface area contributed by atoms with Gasteiger partial charge >= 0.3 is 17.8 Å². The number of nitrogens with zero attached hydrogens (tertiary/aromatic N) is 3. The Morgan fingerprint density at radius 1 is 1.09 bits per heavy atom. The molecular weight excluding hydrogens is 447 g/mol. The number of benzene rings is 2. The molecule has 0 saturated heterocycles. The summed E-state index contributed by atoms with van der Waals surface area (Å²) in [6.45, 7) is -0.156. The third-order valence-electron chi connectivity index (χ3n) is 4.75. The average molecular weight is 461 g/mol. The molecule has 0 fully saturated rings.